The maximum atomic E-state index is 3.80. The molecule has 0 radical (unpaired) electrons. The Morgan fingerprint density at radius 1 is 1.44 bits per heavy atom. The van der Waals surface area contributed by atoms with E-state index in [2.05, 4.69) is 48.1 Å². The Morgan fingerprint density at radius 3 is 3.11 bits per heavy atom. The summed E-state index contributed by atoms with van der Waals surface area (Å²) in [6.07, 6.45) is 4.60. The molecule has 0 amide bonds. The summed E-state index contributed by atoms with van der Waals surface area (Å²) < 4.78 is 0. The number of nitrogens with one attached hydrogen (secondary N) is 2. The van der Waals surface area contributed by atoms with Crippen molar-refractivity contribution in [3.63, 3.8) is 0 Å². The highest BCUT2D eigenvalue weighted by Gasteiger charge is 2.19. The van der Waals surface area contributed by atoms with Crippen LogP contribution in [-0.2, 0) is 6.54 Å². The summed E-state index contributed by atoms with van der Waals surface area (Å²) in [6, 6.07) is 9.92. The summed E-state index contributed by atoms with van der Waals surface area (Å²) >= 11 is 1.93. The van der Waals surface area contributed by atoms with Crippen LogP contribution in [0, 0.1) is 0 Å². The summed E-state index contributed by atoms with van der Waals surface area (Å²) in [5, 5.41) is 7.30. The first-order valence-electron chi connectivity index (χ1n) is 6.84. The van der Waals surface area contributed by atoms with Gasteiger partial charge < -0.3 is 10.6 Å². The molecule has 1 aliphatic heterocycles. The molecule has 100 valence electrons. The summed E-state index contributed by atoms with van der Waals surface area (Å²) in [7, 11) is 0. The van der Waals surface area contributed by atoms with Crippen molar-refractivity contribution in [3.8, 4) is 0 Å². The predicted molar refractivity (Wildman–Crippen MR) is 81.1 cm³/mol. The van der Waals surface area contributed by atoms with E-state index in [0.717, 1.165) is 13.1 Å². The fourth-order valence-electron chi connectivity index (χ4n) is 2.55. The lowest BCUT2D eigenvalue weighted by atomic mass is 9.98. The van der Waals surface area contributed by atoms with Gasteiger partial charge in [-0.1, -0.05) is 24.3 Å². The van der Waals surface area contributed by atoms with E-state index in [0.29, 0.717) is 12.1 Å². The average molecular weight is 264 g/mol. The van der Waals surface area contributed by atoms with Gasteiger partial charge in [-0.05, 0) is 49.4 Å². The van der Waals surface area contributed by atoms with Crippen molar-refractivity contribution >= 4 is 11.8 Å². The Bertz CT molecular complexity index is 367. The van der Waals surface area contributed by atoms with Crippen molar-refractivity contribution in [1.82, 2.24) is 10.6 Å². The van der Waals surface area contributed by atoms with Crippen LogP contribution in [-0.4, -0.2) is 24.6 Å². The first kappa shape index (κ1) is 13.9. The second kappa shape index (κ2) is 7.17. The van der Waals surface area contributed by atoms with Crippen LogP contribution in [0.15, 0.2) is 24.3 Å². The number of hydrogen-bond donors (Lipinski definition) is 2. The summed E-state index contributed by atoms with van der Waals surface area (Å²) in [4.78, 5) is 0. The van der Waals surface area contributed by atoms with Gasteiger partial charge in [-0.2, -0.15) is 11.8 Å². The van der Waals surface area contributed by atoms with Gasteiger partial charge in [0.05, 0.1) is 0 Å². The van der Waals surface area contributed by atoms with E-state index in [1.165, 1.54) is 29.7 Å². The van der Waals surface area contributed by atoms with Crippen LogP contribution in [0.2, 0.25) is 0 Å². The number of benzene rings is 1. The maximum absolute atomic E-state index is 3.80. The van der Waals surface area contributed by atoms with E-state index in [4.69, 9.17) is 0 Å². The molecular weight excluding hydrogens is 240 g/mol. The molecule has 2 rings (SSSR count). The average Bonchev–Trinajstić information content (AvgIpc) is 2.59. The van der Waals surface area contributed by atoms with E-state index >= 15 is 0 Å². The minimum Gasteiger partial charge on any atom is -0.313 e. The Hall–Kier alpha value is -0.510. The lowest BCUT2D eigenvalue weighted by Crippen LogP contribution is -2.32. The molecule has 2 atom stereocenters. The van der Waals surface area contributed by atoms with Crippen molar-refractivity contribution < 1.29 is 0 Å². The Labute approximate surface area is 115 Å². The van der Waals surface area contributed by atoms with E-state index in [-0.39, 0.29) is 0 Å². The third-order valence-electron chi connectivity index (χ3n) is 3.60. The molecule has 1 aromatic carbocycles. The molecule has 1 aromatic rings. The molecule has 0 aromatic heterocycles. The van der Waals surface area contributed by atoms with Crippen molar-refractivity contribution in [3.05, 3.63) is 35.4 Å². The molecule has 2 N–H and O–H groups in total. The standard InChI is InChI=1S/C15H24N2S/c1-12(8-10-18-2)17-15-7-9-16-11-13-5-3-4-6-14(13)15/h3-6,12,15-17H,7-11H2,1-2H3. The van der Waals surface area contributed by atoms with Crippen molar-refractivity contribution in [1.29, 1.82) is 0 Å². The molecule has 0 aliphatic carbocycles. The Balaban J connectivity index is 2.03. The van der Waals surface area contributed by atoms with Gasteiger partial charge in [0, 0.05) is 18.6 Å². The van der Waals surface area contributed by atoms with Gasteiger partial charge in [0.2, 0.25) is 0 Å². The molecule has 3 heteroatoms. The lowest BCUT2D eigenvalue weighted by molar-refractivity contribution is 0.428. The quantitative estimate of drug-likeness (QED) is 0.855. The number of hydrogen-bond acceptors (Lipinski definition) is 3. The van der Waals surface area contributed by atoms with Gasteiger partial charge in [-0.3, -0.25) is 0 Å². The molecule has 18 heavy (non-hydrogen) atoms. The molecule has 2 nitrogen and oxygen atoms in total. The number of thioether (sulfide) groups is 1. The van der Waals surface area contributed by atoms with Gasteiger partial charge in [-0.15, -0.1) is 0 Å². The van der Waals surface area contributed by atoms with Crippen LogP contribution in [0.25, 0.3) is 0 Å². The molecule has 0 fully saturated rings. The summed E-state index contributed by atoms with van der Waals surface area (Å²) in [5.41, 5.74) is 2.93. The predicted octanol–water partition coefficient (Wildman–Crippen LogP) is 2.95. The molecule has 0 spiro atoms. The topological polar surface area (TPSA) is 24.1 Å². The summed E-state index contributed by atoms with van der Waals surface area (Å²) in [6.45, 7) is 4.41. The zero-order chi connectivity index (χ0) is 12.8. The third kappa shape index (κ3) is 3.74. The van der Waals surface area contributed by atoms with Crippen LogP contribution in [0.1, 0.15) is 36.9 Å². The molecule has 0 bridgehead atoms. The van der Waals surface area contributed by atoms with Gasteiger partial charge in [0.1, 0.15) is 0 Å². The van der Waals surface area contributed by atoms with Gasteiger partial charge in [0.15, 0.2) is 0 Å². The molecule has 1 heterocycles. The van der Waals surface area contributed by atoms with Crippen molar-refractivity contribution in [2.45, 2.75) is 38.4 Å². The van der Waals surface area contributed by atoms with Gasteiger partial charge >= 0.3 is 0 Å². The minimum absolute atomic E-state index is 0.507. The molecule has 1 aliphatic rings. The lowest BCUT2D eigenvalue weighted by Gasteiger charge is -2.23. The smallest absolute Gasteiger partial charge is 0.0337 e. The second-order valence-corrected chi connectivity index (χ2v) is 6.05. The minimum atomic E-state index is 0.507. The van der Waals surface area contributed by atoms with E-state index in [9.17, 15) is 0 Å². The van der Waals surface area contributed by atoms with Crippen LogP contribution < -0.4 is 10.6 Å². The normalized spacial score (nSPS) is 21.1. The SMILES string of the molecule is CSCCC(C)NC1CCNCc2ccccc21. The second-order valence-electron chi connectivity index (χ2n) is 5.07. The Kier molecular flexibility index (Phi) is 5.54. The third-order valence-corrected chi connectivity index (χ3v) is 4.24. The van der Waals surface area contributed by atoms with Crippen LogP contribution in [0.4, 0.5) is 0 Å². The highest BCUT2D eigenvalue weighted by atomic mass is 32.2. The molecular formula is C15H24N2S. The zero-order valence-corrected chi connectivity index (χ0v) is 12.2. The molecule has 0 saturated heterocycles. The van der Waals surface area contributed by atoms with Crippen LogP contribution in [0.5, 0.6) is 0 Å². The molecule has 2 unspecified atom stereocenters. The first-order chi connectivity index (χ1) is 8.81. The fourth-order valence-corrected chi connectivity index (χ4v) is 3.14. The van der Waals surface area contributed by atoms with Gasteiger partial charge in [-0.25, -0.2) is 0 Å². The summed E-state index contributed by atoms with van der Waals surface area (Å²) in [5.74, 6) is 1.24. The van der Waals surface area contributed by atoms with Crippen LogP contribution >= 0.6 is 11.8 Å². The maximum Gasteiger partial charge on any atom is 0.0337 e. The fraction of sp³-hybridized carbons (Fsp3) is 0.600. The number of fused-ring (bicyclic) bond motifs is 1. The van der Waals surface area contributed by atoms with E-state index in [1.54, 1.807) is 0 Å². The molecule has 0 saturated carbocycles. The number of rotatable bonds is 5. The largest absolute Gasteiger partial charge is 0.313 e. The van der Waals surface area contributed by atoms with Crippen molar-refractivity contribution in [2.24, 2.45) is 0 Å². The highest BCUT2D eigenvalue weighted by Crippen LogP contribution is 2.24. The first-order valence-corrected chi connectivity index (χ1v) is 8.24. The zero-order valence-electron chi connectivity index (χ0n) is 11.4. The highest BCUT2D eigenvalue weighted by molar-refractivity contribution is 7.98. The van der Waals surface area contributed by atoms with E-state index in [1.807, 2.05) is 11.8 Å². The van der Waals surface area contributed by atoms with Gasteiger partial charge in [0.25, 0.3) is 0 Å². The Morgan fingerprint density at radius 2 is 2.28 bits per heavy atom. The monoisotopic (exact) mass is 264 g/mol. The van der Waals surface area contributed by atoms with Crippen LogP contribution in [0.3, 0.4) is 0 Å². The van der Waals surface area contributed by atoms with Crippen molar-refractivity contribution in [2.75, 3.05) is 18.6 Å². The van der Waals surface area contributed by atoms with E-state index < -0.39 is 0 Å².